The Morgan fingerprint density at radius 2 is 1.64 bits per heavy atom. The molecule has 0 bridgehead atoms. The molecule has 2 aromatic carbocycles. The van der Waals surface area contributed by atoms with Crippen molar-refractivity contribution in [2.75, 3.05) is 7.11 Å². The van der Waals surface area contributed by atoms with Crippen LogP contribution in [0.4, 0.5) is 4.79 Å². The quantitative estimate of drug-likeness (QED) is 0.756. The lowest BCUT2D eigenvalue weighted by Gasteiger charge is -2.23. The summed E-state index contributed by atoms with van der Waals surface area (Å²) in [4.78, 5) is 29.9. The number of esters is 1. The molecule has 1 aliphatic heterocycles. The molecule has 1 aliphatic rings. The van der Waals surface area contributed by atoms with E-state index >= 15 is 0 Å². The zero-order chi connectivity index (χ0) is 17.6. The number of carbonyl (C=O) groups excluding carboxylic acids is 2. The maximum absolute atomic E-state index is 12.2. The van der Waals surface area contributed by atoms with Crippen molar-refractivity contribution in [1.82, 2.24) is 5.06 Å². The Morgan fingerprint density at radius 1 is 1.04 bits per heavy atom. The largest absolute Gasteiger partial charge is 0.466 e. The molecule has 3 rings (SSSR count). The van der Waals surface area contributed by atoms with Crippen molar-refractivity contribution in [1.29, 1.82) is 0 Å². The van der Waals surface area contributed by atoms with Gasteiger partial charge in [0.15, 0.2) is 0 Å². The monoisotopic (exact) mass is 341 g/mol. The molecule has 6 heteroatoms. The molecule has 0 N–H and O–H groups in total. The standard InChI is InChI=1S/C19H19NO5/c1-23-18(21)17-16(12-14-8-4-2-5-9-14)20(19(22)25-17)24-13-15-10-6-3-7-11-15/h2-11,16-17H,12-13H2,1H3. The van der Waals surface area contributed by atoms with E-state index in [2.05, 4.69) is 0 Å². The average Bonchev–Trinajstić information content (AvgIpc) is 2.96. The van der Waals surface area contributed by atoms with Gasteiger partial charge >= 0.3 is 12.1 Å². The molecule has 1 amide bonds. The summed E-state index contributed by atoms with van der Waals surface area (Å²) in [7, 11) is 1.27. The summed E-state index contributed by atoms with van der Waals surface area (Å²) in [5, 5.41) is 1.14. The van der Waals surface area contributed by atoms with Crippen LogP contribution in [0.5, 0.6) is 0 Å². The normalized spacial score (nSPS) is 19.6. The van der Waals surface area contributed by atoms with E-state index in [0.717, 1.165) is 16.2 Å². The van der Waals surface area contributed by atoms with Gasteiger partial charge in [0.05, 0.1) is 7.11 Å². The number of cyclic esters (lactones) is 1. The highest BCUT2D eigenvalue weighted by Gasteiger charge is 2.47. The molecule has 0 aromatic heterocycles. The summed E-state index contributed by atoms with van der Waals surface area (Å²) in [6.45, 7) is 0.203. The van der Waals surface area contributed by atoms with E-state index in [1.807, 2.05) is 60.7 Å². The van der Waals surface area contributed by atoms with Gasteiger partial charge < -0.3 is 9.47 Å². The van der Waals surface area contributed by atoms with Crippen LogP contribution in [0.25, 0.3) is 0 Å². The Balaban J connectivity index is 1.77. The molecule has 0 radical (unpaired) electrons. The molecule has 2 aromatic rings. The van der Waals surface area contributed by atoms with Crippen LogP contribution < -0.4 is 0 Å². The maximum Gasteiger partial charge on any atom is 0.435 e. The fourth-order valence-corrected chi connectivity index (χ4v) is 2.73. The molecule has 1 heterocycles. The SMILES string of the molecule is COC(=O)C1OC(=O)N(OCc2ccccc2)C1Cc1ccccc1. The number of hydrogen-bond donors (Lipinski definition) is 0. The molecule has 1 fully saturated rings. The van der Waals surface area contributed by atoms with E-state index in [1.165, 1.54) is 7.11 Å². The second-order valence-corrected chi connectivity index (χ2v) is 5.67. The first kappa shape index (κ1) is 17.0. The van der Waals surface area contributed by atoms with Gasteiger partial charge in [-0.3, -0.25) is 4.84 Å². The van der Waals surface area contributed by atoms with Crippen molar-refractivity contribution in [2.45, 2.75) is 25.2 Å². The number of rotatable bonds is 6. The Hall–Kier alpha value is -2.86. The molecule has 0 aliphatic carbocycles. The minimum absolute atomic E-state index is 0.203. The Bertz CT molecular complexity index is 719. The lowest BCUT2D eigenvalue weighted by atomic mass is 10.0. The van der Waals surface area contributed by atoms with Gasteiger partial charge in [-0.05, 0) is 17.5 Å². The fourth-order valence-electron chi connectivity index (χ4n) is 2.73. The fraction of sp³-hybridized carbons (Fsp3) is 0.263. The van der Waals surface area contributed by atoms with Gasteiger partial charge in [-0.15, -0.1) is 0 Å². The molecule has 0 saturated carbocycles. The smallest absolute Gasteiger partial charge is 0.435 e. The van der Waals surface area contributed by atoms with Gasteiger partial charge in [0, 0.05) is 0 Å². The third kappa shape index (κ3) is 3.97. The summed E-state index contributed by atoms with van der Waals surface area (Å²) in [6.07, 6.45) is -1.29. The van der Waals surface area contributed by atoms with E-state index in [0.29, 0.717) is 6.42 Å². The number of hydrogen-bond acceptors (Lipinski definition) is 5. The van der Waals surface area contributed by atoms with Crippen LogP contribution in [0.15, 0.2) is 60.7 Å². The van der Waals surface area contributed by atoms with Crippen LogP contribution in [-0.2, 0) is 32.1 Å². The van der Waals surface area contributed by atoms with E-state index in [1.54, 1.807) is 0 Å². The predicted octanol–water partition coefficient (Wildman–Crippen LogP) is 2.72. The van der Waals surface area contributed by atoms with Crippen LogP contribution in [0, 0.1) is 0 Å². The molecule has 6 nitrogen and oxygen atoms in total. The molecule has 0 spiro atoms. The van der Waals surface area contributed by atoms with Crippen molar-refractivity contribution in [3.8, 4) is 0 Å². The second-order valence-electron chi connectivity index (χ2n) is 5.67. The minimum atomic E-state index is -1.02. The zero-order valence-electron chi connectivity index (χ0n) is 13.8. The van der Waals surface area contributed by atoms with Crippen LogP contribution >= 0.6 is 0 Å². The van der Waals surface area contributed by atoms with Gasteiger partial charge in [0.1, 0.15) is 12.6 Å². The number of methoxy groups -OCH3 is 1. The Labute approximate surface area is 145 Å². The van der Waals surface area contributed by atoms with Gasteiger partial charge in [-0.25, -0.2) is 9.59 Å². The average molecular weight is 341 g/mol. The Morgan fingerprint density at radius 3 is 2.24 bits per heavy atom. The highest BCUT2D eigenvalue weighted by molar-refractivity contribution is 5.83. The third-order valence-corrected chi connectivity index (χ3v) is 3.99. The number of carbonyl (C=O) groups is 2. The van der Waals surface area contributed by atoms with Crippen LogP contribution in [0.2, 0.25) is 0 Å². The number of nitrogens with zero attached hydrogens (tertiary/aromatic N) is 1. The van der Waals surface area contributed by atoms with Crippen LogP contribution in [-0.4, -0.2) is 36.4 Å². The number of benzene rings is 2. The highest BCUT2D eigenvalue weighted by Crippen LogP contribution is 2.25. The van der Waals surface area contributed by atoms with Gasteiger partial charge in [-0.2, -0.15) is 5.06 Å². The molecule has 2 unspecified atom stereocenters. The van der Waals surface area contributed by atoms with Crippen molar-refractivity contribution < 1.29 is 23.9 Å². The van der Waals surface area contributed by atoms with E-state index < -0.39 is 24.2 Å². The van der Waals surface area contributed by atoms with E-state index in [-0.39, 0.29) is 6.61 Å². The highest BCUT2D eigenvalue weighted by atomic mass is 16.8. The maximum atomic E-state index is 12.2. The van der Waals surface area contributed by atoms with E-state index in [4.69, 9.17) is 14.3 Å². The minimum Gasteiger partial charge on any atom is -0.466 e. The first-order valence-electron chi connectivity index (χ1n) is 7.97. The molecular weight excluding hydrogens is 322 g/mol. The van der Waals surface area contributed by atoms with Crippen molar-refractivity contribution in [2.24, 2.45) is 0 Å². The predicted molar refractivity (Wildman–Crippen MR) is 89.3 cm³/mol. The summed E-state index contributed by atoms with van der Waals surface area (Å²) in [5.74, 6) is -0.597. The van der Waals surface area contributed by atoms with E-state index in [9.17, 15) is 9.59 Å². The molecule has 2 atom stereocenters. The zero-order valence-corrected chi connectivity index (χ0v) is 13.8. The van der Waals surface area contributed by atoms with Gasteiger partial charge in [-0.1, -0.05) is 60.7 Å². The lowest BCUT2D eigenvalue weighted by molar-refractivity contribution is -0.158. The second kappa shape index (κ2) is 7.81. The summed E-state index contributed by atoms with van der Waals surface area (Å²) < 4.78 is 9.95. The summed E-state index contributed by atoms with van der Waals surface area (Å²) >= 11 is 0. The lowest BCUT2D eigenvalue weighted by Crippen LogP contribution is -2.41. The summed E-state index contributed by atoms with van der Waals surface area (Å²) in [6, 6.07) is 18.4. The van der Waals surface area contributed by atoms with Crippen molar-refractivity contribution in [3.05, 3.63) is 71.8 Å². The first-order valence-corrected chi connectivity index (χ1v) is 7.97. The molecule has 1 saturated heterocycles. The van der Waals surface area contributed by atoms with Crippen molar-refractivity contribution in [3.63, 3.8) is 0 Å². The number of hydroxylamine groups is 2. The molecule has 130 valence electrons. The Kier molecular flexibility index (Phi) is 5.30. The van der Waals surface area contributed by atoms with Gasteiger partial charge in [0.2, 0.25) is 6.10 Å². The molecular formula is C19H19NO5. The third-order valence-electron chi connectivity index (χ3n) is 3.99. The van der Waals surface area contributed by atoms with Crippen LogP contribution in [0.3, 0.4) is 0 Å². The number of amides is 1. The van der Waals surface area contributed by atoms with Crippen molar-refractivity contribution >= 4 is 12.1 Å². The topological polar surface area (TPSA) is 65.1 Å². The number of ether oxygens (including phenoxy) is 2. The van der Waals surface area contributed by atoms with Gasteiger partial charge in [0.25, 0.3) is 0 Å². The first-order chi connectivity index (χ1) is 12.2. The molecule has 25 heavy (non-hydrogen) atoms. The van der Waals surface area contributed by atoms with Crippen LogP contribution in [0.1, 0.15) is 11.1 Å². The summed E-state index contributed by atoms with van der Waals surface area (Å²) in [5.41, 5.74) is 1.88.